The third kappa shape index (κ3) is 3.98. The largest absolute Gasteiger partial charge is 0.495 e. The number of ether oxygens (including phenoxy) is 2. The molecule has 0 aliphatic rings. The van der Waals surface area contributed by atoms with E-state index in [1.807, 2.05) is 0 Å². The first-order valence-corrected chi connectivity index (χ1v) is 8.26. The lowest BCUT2D eigenvalue weighted by atomic mass is 10.1. The van der Waals surface area contributed by atoms with E-state index in [-0.39, 0.29) is 5.56 Å². The fourth-order valence-corrected chi connectivity index (χ4v) is 2.63. The molecule has 0 spiro atoms. The number of nitrogens with one attached hydrogen (secondary N) is 2. The summed E-state index contributed by atoms with van der Waals surface area (Å²) in [5.74, 6) is -0.771. The van der Waals surface area contributed by atoms with E-state index >= 15 is 0 Å². The summed E-state index contributed by atoms with van der Waals surface area (Å²) in [7, 11) is 1.49. The number of esters is 1. The van der Waals surface area contributed by atoms with Crippen molar-refractivity contribution in [3.63, 3.8) is 0 Å². The molecule has 138 valence electrons. The number of H-pyrrole nitrogens is 1. The highest BCUT2D eigenvalue weighted by atomic mass is 16.5. The van der Waals surface area contributed by atoms with E-state index in [2.05, 4.69) is 10.3 Å². The molecule has 1 atom stereocenters. The number of hydrogen-bond acceptors (Lipinski definition) is 5. The number of pyridine rings is 1. The first-order valence-electron chi connectivity index (χ1n) is 8.26. The number of para-hydroxylation sites is 3. The normalized spacial score (nSPS) is 11.6. The summed E-state index contributed by atoms with van der Waals surface area (Å²) in [4.78, 5) is 39.3. The molecule has 1 amide bonds. The van der Waals surface area contributed by atoms with Crippen LogP contribution in [0.5, 0.6) is 5.75 Å². The molecule has 1 aromatic heterocycles. The second-order valence-electron chi connectivity index (χ2n) is 5.83. The highest BCUT2D eigenvalue weighted by Crippen LogP contribution is 2.23. The molecule has 3 aromatic rings. The van der Waals surface area contributed by atoms with Crippen LogP contribution in [-0.4, -0.2) is 30.1 Å². The number of fused-ring (bicyclic) bond motifs is 1. The van der Waals surface area contributed by atoms with Crippen molar-refractivity contribution in [2.75, 3.05) is 12.4 Å². The number of amides is 1. The van der Waals surface area contributed by atoms with Gasteiger partial charge < -0.3 is 19.8 Å². The maximum absolute atomic E-state index is 12.5. The fourth-order valence-electron chi connectivity index (χ4n) is 2.63. The smallest absolute Gasteiger partial charge is 0.339 e. The van der Waals surface area contributed by atoms with E-state index < -0.39 is 23.5 Å². The van der Waals surface area contributed by atoms with E-state index in [9.17, 15) is 14.4 Å². The summed E-state index contributed by atoms with van der Waals surface area (Å²) in [5, 5.41) is 3.20. The standard InChI is InChI=1S/C20H18N2O5/c1-12(19(24)22-16-9-5-6-10-17(16)26-2)27-20(25)14-11-18(23)21-15-8-4-3-7-13(14)15/h3-12H,1-2H3,(H,21,23)(H,22,24)/t12-/m1/s1. The number of carbonyl (C=O) groups is 2. The predicted octanol–water partition coefficient (Wildman–Crippen LogP) is 2.72. The van der Waals surface area contributed by atoms with Crippen molar-refractivity contribution in [1.29, 1.82) is 0 Å². The Labute approximate surface area is 154 Å². The van der Waals surface area contributed by atoms with Crippen LogP contribution < -0.4 is 15.6 Å². The third-order valence-corrected chi connectivity index (χ3v) is 3.99. The van der Waals surface area contributed by atoms with Crippen LogP contribution in [0, 0.1) is 0 Å². The molecule has 7 heteroatoms. The SMILES string of the molecule is COc1ccccc1NC(=O)[C@@H](C)OC(=O)c1cc(=O)[nH]c2ccccc12. The number of methoxy groups -OCH3 is 1. The summed E-state index contributed by atoms with van der Waals surface area (Å²) < 4.78 is 10.4. The molecule has 0 radical (unpaired) electrons. The minimum Gasteiger partial charge on any atom is -0.495 e. The molecule has 0 aliphatic carbocycles. The molecule has 0 saturated carbocycles. The van der Waals surface area contributed by atoms with Crippen molar-refractivity contribution in [2.45, 2.75) is 13.0 Å². The fraction of sp³-hybridized carbons (Fsp3) is 0.150. The van der Waals surface area contributed by atoms with Gasteiger partial charge in [-0.25, -0.2) is 4.79 Å². The van der Waals surface area contributed by atoms with Crippen LogP contribution in [0.4, 0.5) is 5.69 Å². The summed E-state index contributed by atoms with van der Waals surface area (Å²) in [6.45, 7) is 1.46. The van der Waals surface area contributed by atoms with Crippen LogP contribution in [0.2, 0.25) is 0 Å². The molecular weight excluding hydrogens is 348 g/mol. The Hall–Kier alpha value is -3.61. The molecule has 1 heterocycles. The Morgan fingerprint density at radius 1 is 1.07 bits per heavy atom. The maximum atomic E-state index is 12.5. The minimum atomic E-state index is -1.07. The molecule has 2 N–H and O–H groups in total. The van der Waals surface area contributed by atoms with Crippen LogP contribution in [0.15, 0.2) is 59.4 Å². The number of hydrogen-bond donors (Lipinski definition) is 2. The lowest BCUT2D eigenvalue weighted by Crippen LogP contribution is -2.30. The van der Waals surface area contributed by atoms with Gasteiger partial charge in [0.15, 0.2) is 6.10 Å². The van der Waals surface area contributed by atoms with E-state index in [1.54, 1.807) is 48.5 Å². The molecule has 0 bridgehead atoms. The van der Waals surface area contributed by atoms with Gasteiger partial charge in [-0.3, -0.25) is 9.59 Å². The summed E-state index contributed by atoms with van der Waals surface area (Å²) in [6.07, 6.45) is -1.07. The van der Waals surface area contributed by atoms with E-state index in [0.29, 0.717) is 22.3 Å². The average Bonchev–Trinajstić information content (AvgIpc) is 2.67. The van der Waals surface area contributed by atoms with Gasteiger partial charge >= 0.3 is 5.97 Å². The highest BCUT2D eigenvalue weighted by molar-refractivity contribution is 6.04. The van der Waals surface area contributed by atoms with Gasteiger partial charge in [0.05, 0.1) is 18.4 Å². The van der Waals surface area contributed by atoms with Gasteiger partial charge in [-0.15, -0.1) is 0 Å². The average molecular weight is 366 g/mol. The minimum absolute atomic E-state index is 0.103. The van der Waals surface area contributed by atoms with Crippen molar-refractivity contribution in [2.24, 2.45) is 0 Å². The molecule has 3 rings (SSSR count). The van der Waals surface area contributed by atoms with Gasteiger partial charge in [-0.1, -0.05) is 30.3 Å². The van der Waals surface area contributed by atoms with Crippen LogP contribution >= 0.6 is 0 Å². The Bertz CT molecular complexity index is 1060. The lowest BCUT2D eigenvalue weighted by molar-refractivity contribution is -0.123. The number of rotatable bonds is 5. The second kappa shape index (κ2) is 7.74. The Balaban J connectivity index is 1.78. The Morgan fingerprint density at radius 2 is 1.78 bits per heavy atom. The lowest BCUT2D eigenvalue weighted by Gasteiger charge is -2.15. The van der Waals surface area contributed by atoms with Crippen molar-refractivity contribution in [3.8, 4) is 5.75 Å². The molecule has 7 nitrogen and oxygen atoms in total. The van der Waals surface area contributed by atoms with Crippen molar-refractivity contribution in [3.05, 3.63) is 70.5 Å². The number of anilines is 1. The second-order valence-corrected chi connectivity index (χ2v) is 5.83. The quantitative estimate of drug-likeness (QED) is 0.677. The number of aromatic amines is 1. The molecule has 0 saturated heterocycles. The van der Waals surface area contributed by atoms with Crippen LogP contribution in [0.1, 0.15) is 17.3 Å². The number of aromatic nitrogens is 1. The summed E-state index contributed by atoms with van der Waals surface area (Å²) in [5.41, 5.74) is 0.663. The van der Waals surface area contributed by atoms with Crippen LogP contribution in [-0.2, 0) is 9.53 Å². The topological polar surface area (TPSA) is 97.5 Å². The van der Waals surface area contributed by atoms with E-state index in [4.69, 9.17) is 9.47 Å². The van der Waals surface area contributed by atoms with Crippen molar-refractivity contribution < 1.29 is 19.1 Å². The molecule has 27 heavy (non-hydrogen) atoms. The van der Waals surface area contributed by atoms with Crippen LogP contribution in [0.3, 0.4) is 0 Å². The van der Waals surface area contributed by atoms with Crippen LogP contribution in [0.25, 0.3) is 10.9 Å². The first-order chi connectivity index (χ1) is 13.0. The van der Waals surface area contributed by atoms with Gasteiger partial charge in [-0.2, -0.15) is 0 Å². The number of benzene rings is 2. The predicted molar refractivity (Wildman–Crippen MR) is 101 cm³/mol. The monoisotopic (exact) mass is 366 g/mol. The van der Waals surface area contributed by atoms with Crippen molar-refractivity contribution >= 4 is 28.5 Å². The molecule has 0 fully saturated rings. The molecule has 2 aromatic carbocycles. The summed E-state index contributed by atoms with van der Waals surface area (Å²) in [6, 6.07) is 14.9. The van der Waals surface area contributed by atoms with Gasteiger partial charge in [0, 0.05) is 17.0 Å². The Morgan fingerprint density at radius 3 is 2.56 bits per heavy atom. The molecule has 0 aliphatic heterocycles. The van der Waals surface area contributed by atoms with Gasteiger partial charge in [0.25, 0.3) is 5.91 Å². The molecular formula is C20H18N2O5. The van der Waals surface area contributed by atoms with Gasteiger partial charge in [0.2, 0.25) is 5.56 Å². The van der Waals surface area contributed by atoms with Gasteiger partial charge in [-0.05, 0) is 25.1 Å². The van der Waals surface area contributed by atoms with E-state index in [1.165, 1.54) is 14.0 Å². The third-order valence-electron chi connectivity index (χ3n) is 3.99. The van der Waals surface area contributed by atoms with E-state index in [0.717, 1.165) is 6.07 Å². The zero-order chi connectivity index (χ0) is 19.4. The Kier molecular flexibility index (Phi) is 5.21. The zero-order valence-electron chi connectivity index (χ0n) is 14.8. The first kappa shape index (κ1) is 18.2. The zero-order valence-corrected chi connectivity index (χ0v) is 14.8. The summed E-state index contributed by atoms with van der Waals surface area (Å²) >= 11 is 0. The van der Waals surface area contributed by atoms with Gasteiger partial charge in [0.1, 0.15) is 5.75 Å². The maximum Gasteiger partial charge on any atom is 0.339 e. The molecule has 0 unspecified atom stereocenters. The number of carbonyl (C=O) groups excluding carboxylic acids is 2. The van der Waals surface area contributed by atoms with Crippen molar-refractivity contribution in [1.82, 2.24) is 4.98 Å². The highest BCUT2D eigenvalue weighted by Gasteiger charge is 2.21.